The Morgan fingerprint density at radius 1 is 1.45 bits per heavy atom. The van der Waals surface area contributed by atoms with E-state index in [0.29, 0.717) is 17.9 Å². The quantitative estimate of drug-likeness (QED) is 0.795. The SMILES string of the molecule is COC(=O)CCN(C)c1cc(C#N)c2ccccc2n1. The number of hydrogen-bond acceptors (Lipinski definition) is 5. The van der Waals surface area contributed by atoms with Gasteiger partial charge in [0.05, 0.1) is 30.7 Å². The van der Waals surface area contributed by atoms with E-state index in [1.54, 1.807) is 6.07 Å². The lowest BCUT2D eigenvalue weighted by Crippen LogP contribution is -2.22. The molecule has 5 heteroatoms. The zero-order chi connectivity index (χ0) is 14.5. The number of fused-ring (bicyclic) bond motifs is 1. The average molecular weight is 269 g/mol. The molecule has 0 radical (unpaired) electrons. The minimum absolute atomic E-state index is 0.266. The fraction of sp³-hybridized carbons (Fsp3) is 0.267. The number of carbonyl (C=O) groups is 1. The van der Waals surface area contributed by atoms with Crippen LogP contribution >= 0.6 is 0 Å². The molecule has 102 valence electrons. The average Bonchev–Trinajstić information content (AvgIpc) is 2.50. The molecule has 0 saturated carbocycles. The van der Waals surface area contributed by atoms with Crippen LogP contribution in [0, 0.1) is 11.3 Å². The van der Waals surface area contributed by atoms with Gasteiger partial charge in [0.15, 0.2) is 0 Å². The van der Waals surface area contributed by atoms with Crippen molar-refractivity contribution in [3.8, 4) is 6.07 Å². The van der Waals surface area contributed by atoms with Crippen LogP contribution in [0.25, 0.3) is 10.9 Å². The molecule has 2 rings (SSSR count). The Labute approximate surface area is 117 Å². The third-order valence-electron chi connectivity index (χ3n) is 3.09. The number of aromatic nitrogens is 1. The molecule has 5 nitrogen and oxygen atoms in total. The molecule has 0 fully saturated rings. The Kier molecular flexibility index (Phi) is 4.16. The van der Waals surface area contributed by atoms with E-state index in [0.717, 1.165) is 10.9 Å². The van der Waals surface area contributed by atoms with Crippen LogP contribution in [0.15, 0.2) is 30.3 Å². The van der Waals surface area contributed by atoms with E-state index < -0.39 is 0 Å². The first kappa shape index (κ1) is 13.8. The van der Waals surface area contributed by atoms with Crippen molar-refractivity contribution < 1.29 is 9.53 Å². The van der Waals surface area contributed by atoms with Crippen LogP contribution in [0.3, 0.4) is 0 Å². The first-order valence-corrected chi connectivity index (χ1v) is 6.23. The number of carbonyl (C=O) groups excluding carboxylic acids is 1. The Bertz CT molecular complexity index is 676. The molecule has 0 atom stereocenters. The number of nitriles is 1. The predicted molar refractivity (Wildman–Crippen MR) is 76.4 cm³/mol. The lowest BCUT2D eigenvalue weighted by Gasteiger charge is -2.18. The van der Waals surface area contributed by atoms with Crippen molar-refractivity contribution in [3.05, 3.63) is 35.9 Å². The summed E-state index contributed by atoms with van der Waals surface area (Å²) in [7, 11) is 3.20. The molecule has 0 aliphatic carbocycles. The Hall–Kier alpha value is -2.61. The summed E-state index contributed by atoms with van der Waals surface area (Å²) in [6.45, 7) is 0.489. The van der Waals surface area contributed by atoms with Gasteiger partial charge in [0.1, 0.15) is 5.82 Å². The molecule has 0 spiro atoms. The summed E-state index contributed by atoms with van der Waals surface area (Å²) in [6, 6.07) is 11.4. The third-order valence-corrected chi connectivity index (χ3v) is 3.09. The minimum Gasteiger partial charge on any atom is -0.469 e. The standard InChI is InChI=1S/C15H15N3O2/c1-18(8-7-15(19)20-2)14-9-11(10-16)12-5-3-4-6-13(12)17-14/h3-6,9H,7-8H2,1-2H3. The number of pyridine rings is 1. The molecule has 0 amide bonds. The van der Waals surface area contributed by atoms with E-state index in [4.69, 9.17) is 0 Å². The zero-order valence-corrected chi connectivity index (χ0v) is 11.5. The zero-order valence-electron chi connectivity index (χ0n) is 11.5. The maximum atomic E-state index is 11.2. The van der Waals surface area contributed by atoms with Crippen LogP contribution in [-0.4, -0.2) is 31.7 Å². The minimum atomic E-state index is -0.266. The van der Waals surface area contributed by atoms with Crippen molar-refractivity contribution >= 4 is 22.7 Å². The Balaban J connectivity index is 2.30. The number of benzene rings is 1. The highest BCUT2D eigenvalue weighted by atomic mass is 16.5. The second-order valence-electron chi connectivity index (χ2n) is 4.40. The largest absolute Gasteiger partial charge is 0.469 e. The third kappa shape index (κ3) is 2.86. The van der Waals surface area contributed by atoms with Crippen LogP contribution < -0.4 is 4.90 Å². The van der Waals surface area contributed by atoms with E-state index in [1.165, 1.54) is 7.11 Å². The van der Waals surface area contributed by atoms with Gasteiger partial charge in [-0.05, 0) is 12.1 Å². The Morgan fingerprint density at radius 2 is 2.20 bits per heavy atom. The molecular weight excluding hydrogens is 254 g/mol. The van der Waals surface area contributed by atoms with Gasteiger partial charge < -0.3 is 9.64 Å². The van der Waals surface area contributed by atoms with Crippen LogP contribution in [0.1, 0.15) is 12.0 Å². The van der Waals surface area contributed by atoms with Crippen molar-refractivity contribution in [2.75, 3.05) is 25.6 Å². The van der Waals surface area contributed by atoms with Crippen LogP contribution in [0.4, 0.5) is 5.82 Å². The van der Waals surface area contributed by atoms with Crippen molar-refractivity contribution in [2.24, 2.45) is 0 Å². The molecular formula is C15H15N3O2. The first-order chi connectivity index (χ1) is 9.65. The summed E-state index contributed by atoms with van der Waals surface area (Å²) < 4.78 is 4.61. The first-order valence-electron chi connectivity index (χ1n) is 6.23. The molecule has 0 aliphatic heterocycles. The number of para-hydroxylation sites is 1. The summed E-state index contributed by atoms with van der Waals surface area (Å²) in [5, 5.41) is 10.1. The van der Waals surface area contributed by atoms with Gasteiger partial charge in [0, 0.05) is 19.0 Å². The summed E-state index contributed by atoms with van der Waals surface area (Å²) >= 11 is 0. The number of anilines is 1. The van der Waals surface area contributed by atoms with E-state index >= 15 is 0 Å². The highest BCUT2D eigenvalue weighted by Gasteiger charge is 2.10. The monoisotopic (exact) mass is 269 g/mol. The molecule has 0 bridgehead atoms. The van der Waals surface area contributed by atoms with Gasteiger partial charge in [-0.1, -0.05) is 18.2 Å². The number of nitrogens with zero attached hydrogens (tertiary/aromatic N) is 3. The number of methoxy groups -OCH3 is 1. The van der Waals surface area contributed by atoms with Crippen LogP contribution in [-0.2, 0) is 9.53 Å². The summed E-state index contributed by atoms with van der Waals surface area (Å²) in [5.74, 6) is 0.405. The molecule has 0 aliphatic rings. The fourth-order valence-electron chi connectivity index (χ4n) is 1.93. The van der Waals surface area contributed by atoms with Gasteiger partial charge in [-0.2, -0.15) is 5.26 Å². The highest BCUT2D eigenvalue weighted by Crippen LogP contribution is 2.21. The lowest BCUT2D eigenvalue weighted by molar-refractivity contribution is -0.140. The van der Waals surface area contributed by atoms with E-state index in [1.807, 2.05) is 36.2 Å². The smallest absolute Gasteiger partial charge is 0.307 e. The van der Waals surface area contributed by atoms with Crippen molar-refractivity contribution in [3.63, 3.8) is 0 Å². The second kappa shape index (κ2) is 6.02. The lowest BCUT2D eigenvalue weighted by atomic mass is 10.1. The second-order valence-corrected chi connectivity index (χ2v) is 4.40. The maximum absolute atomic E-state index is 11.2. The predicted octanol–water partition coefficient (Wildman–Crippen LogP) is 2.11. The Morgan fingerprint density at radius 3 is 2.90 bits per heavy atom. The van der Waals surface area contributed by atoms with Crippen molar-refractivity contribution in [1.29, 1.82) is 5.26 Å². The van der Waals surface area contributed by atoms with Gasteiger partial charge in [-0.15, -0.1) is 0 Å². The number of rotatable bonds is 4. The maximum Gasteiger partial charge on any atom is 0.307 e. The molecule has 1 heterocycles. The van der Waals surface area contributed by atoms with Gasteiger partial charge in [0.2, 0.25) is 0 Å². The summed E-state index contributed by atoms with van der Waals surface area (Å²) in [5.41, 5.74) is 1.35. The molecule has 0 saturated heterocycles. The van der Waals surface area contributed by atoms with Crippen molar-refractivity contribution in [1.82, 2.24) is 4.98 Å². The topological polar surface area (TPSA) is 66.2 Å². The normalized spacial score (nSPS) is 10.1. The van der Waals surface area contributed by atoms with Gasteiger partial charge >= 0.3 is 5.97 Å². The molecule has 0 N–H and O–H groups in total. The number of esters is 1. The summed E-state index contributed by atoms with van der Waals surface area (Å²) in [6.07, 6.45) is 0.281. The molecule has 1 aromatic heterocycles. The summed E-state index contributed by atoms with van der Waals surface area (Å²) in [4.78, 5) is 17.5. The van der Waals surface area contributed by atoms with Gasteiger partial charge in [-0.25, -0.2) is 4.98 Å². The molecule has 2 aromatic rings. The van der Waals surface area contributed by atoms with Crippen molar-refractivity contribution in [2.45, 2.75) is 6.42 Å². The van der Waals surface area contributed by atoms with Crippen LogP contribution in [0.5, 0.6) is 0 Å². The number of ether oxygens (including phenoxy) is 1. The van der Waals surface area contributed by atoms with Gasteiger partial charge in [-0.3, -0.25) is 4.79 Å². The fourth-order valence-corrected chi connectivity index (χ4v) is 1.93. The van der Waals surface area contributed by atoms with E-state index in [2.05, 4.69) is 15.8 Å². The molecule has 20 heavy (non-hydrogen) atoms. The van der Waals surface area contributed by atoms with E-state index in [9.17, 15) is 10.1 Å². The highest BCUT2D eigenvalue weighted by molar-refractivity contribution is 5.86. The van der Waals surface area contributed by atoms with Crippen LogP contribution in [0.2, 0.25) is 0 Å². The van der Waals surface area contributed by atoms with E-state index in [-0.39, 0.29) is 12.4 Å². The van der Waals surface area contributed by atoms with Gasteiger partial charge in [0.25, 0.3) is 0 Å². The molecule has 0 unspecified atom stereocenters. The molecule has 1 aromatic carbocycles. The number of hydrogen-bond donors (Lipinski definition) is 0.